The van der Waals surface area contributed by atoms with Crippen molar-refractivity contribution in [3.05, 3.63) is 41.7 Å². The Balaban J connectivity index is 1.81. The van der Waals surface area contributed by atoms with E-state index in [1.165, 1.54) is 13.1 Å². The summed E-state index contributed by atoms with van der Waals surface area (Å²) in [7, 11) is -2.19. The predicted molar refractivity (Wildman–Crippen MR) is 88.8 cm³/mol. The molecule has 1 atom stereocenters. The van der Waals surface area contributed by atoms with Crippen LogP contribution in [0.2, 0.25) is 0 Å². The summed E-state index contributed by atoms with van der Waals surface area (Å²) >= 11 is 1.13. The Hall–Kier alpha value is -1.64. The van der Waals surface area contributed by atoms with E-state index in [-0.39, 0.29) is 22.7 Å². The largest absolute Gasteiger partial charge is 0.469 e. The van der Waals surface area contributed by atoms with Gasteiger partial charge in [-0.05, 0) is 36.9 Å². The van der Waals surface area contributed by atoms with Gasteiger partial charge in [0.05, 0.1) is 12.8 Å². The number of rotatable bonds is 8. The Bertz CT molecular complexity index is 709. The Morgan fingerprint density at radius 3 is 2.78 bits per heavy atom. The number of nitrogens with one attached hydrogen (secondary N) is 1. The summed E-state index contributed by atoms with van der Waals surface area (Å²) in [4.78, 5) is 12.0. The second-order valence-electron chi connectivity index (χ2n) is 5.28. The zero-order chi connectivity index (χ0) is 16.9. The highest BCUT2D eigenvalue weighted by Gasteiger charge is 2.24. The fourth-order valence-corrected chi connectivity index (χ4v) is 4.39. The molecule has 2 rings (SSSR count). The van der Waals surface area contributed by atoms with Crippen molar-refractivity contribution < 1.29 is 17.6 Å². The lowest BCUT2D eigenvalue weighted by atomic mass is 10.1. The van der Waals surface area contributed by atoms with Gasteiger partial charge in [-0.2, -0.15) is 4.31 Å². The minimum atomic E-state index is -3.60. The molecular formula is C15H20N2O4S2. The zero-order valence-corrected chi connectivity index (χ0v) is 14.7. The molecule has 0 aliphatic carbocycles. The van der Waals surface area contributed by atoms with E-state index in [1.54, 1.807) is 17.7 Å². The third-order valence-electron chi connectivity index (χ3n) is 3.34. The van der Waals surface area contributed by atoms with Crippen LogP contribution < -0.4 is 5.32 Å². The maximum atomic E-state index is 12.2. The molecule has 0 aliphatic heterocycles. The summed E-state index contributed by atoms with van der Waals surface area (Å²) in [5, 5.41) is 4.50. The molecule has 0 unspecified atom stereocenters. The van der Waals surface area contributed by atoms with Gasteiger partial charge in [0.15, 0.2) is 0 Å². The number of sulfonamides is 1. The van der Waals surface area contributed by atoms with Crippen LogP contribution >= 0.6 is 11.3 Å². The molecule has 2 heterocycles. The summed E-state index contributed by atoms with van der Waals surface area (Å²) in [6.07, 6.45) is 3.06. The van der Waals surface area contributed by atoms with E-state index in [2.05, 4.69) is 5.32 Å². The molecule has 6 nitrogen and oxygen atoms in total. The summed E-state index contributed by atoms with van der Waals surface area (Å²) in [6.45, 7) is 1.68. The lowest BCUT2D eigenvalue weighted by molar-refractivity contribution is -0.121. The van der Waals surface area contributed by atoms with Crippen molar-refractivity contribution in [2.45, 2.75) is 30.0 Å². The Kier molecular flexibility index (Phi) is 5.97. The topological polar surface area (TPSA) is 79.6 Å². The maximum Gasteiger partial charge on any atom is 0.252 e. The van der Waals surface area contributed by atoms with Gasteiger partial charge in [0.2, 0.25) is 5.91 Å². The van der Waals surface area contributed by atoms with Gasteiger partial charge in [0, 0.05) is 19.5 Å². The average molecular weight is 356 g/mol. The van der Waals surface area contributed by atoms with E-state index in [0.717, 1.165) is 34.2 Å². The number of carbonyl (C=O) groups is 1. The third kappa shape index (κ3) is 4.92. The number of hydrogen-bond acceptors (Lipinski definition) is 5. The lowest BCUT2D eigenvalue weighted by Gasteiger charge is -2.18. The van der Waals surface area contributed by atoms with E-state index in [9.17, 15) is 13.2 Å². The van der Waals surface area contributed by atoms with Crippen LogP contribution in [-0.2, 0) is 21.2 Å². The number of likely N-dealkylation sites (N-methyl/N-ethyl adjacent to an activating group) is 1. The number of furan rings is 1. The molecule has 0 radical (unpaired) electrons. The van der Waals surface area contributed by atoms with Crippen LogP contribution in [0, 0.1) is 0 Å². The quantitative estimate of drug-likeness (QED) is 0.785. The Labute approximate surface area is 140 Å². The highest BCUT2D eigenvalue weighted by molar-refractivity contribution is 7.91. The van der Waals surface area contributed by atoms with E-state index in [1.807, 2.05) is 19.1 Å². The second kappa shape index (κ2) is 7.76. The molecule has 126 valence electrons. The van der Waals surface area contributed by atoms with Gasteiger partial charge < -0.3 is 9.73 Å². The number of nitrogens with zero attached hydrogens (tertiary/aromatic N) is 1. The van der Waals surface area contributed by atoms with Gasteiger partial charge >= 0.3 is 0 Å². The van der Waals surface area contributed by atoms with Gasteiger partial charge in [0.1, 0.15) is 9.97 Å². The molecule has 0 bridgehead atoms. The van der Waals surface area contributed by atoms with E-state index < -0.39 is 10.0 Å². The molecule has 0 saturated heterocycles. The van der Waals surface area contributed by atoms with Crippen molar-refractivity contribution in [1.29, 1.82) is 0 Å². The maximum absolute atomic E-state index is 12.2. The molecule has 8 heteroatoms. The molecule has 1 amide bonds. The van der Waals surface area contributed by atoms with Crippen molar-refractivity contribution in [3.63, 3.8) is 0 Å². The van der Waals surface area contributed by atoms with Crippen LogP contribution in [0.1, 0.15) is 19.1 Å². The molecular weight excluding hydrogens is 336 g/mol. The molecule has 0 aliphatic rings. The van der Waals surface area contributed by atoms with Crippen molar-refractivity contribution >= 4 is 27.3 Å². The van der Waals surface area contributed by atoms with E-state index >= 15 is 0 Å². The van der Waals surface area contributed by atoms with E-state index in [4.69, 9.17) is 4.42 Å². The first kappa shape index (κ1) is 17.7. The smallest absolute Gasteiger partial charge is 0.252 e. The number of aryl methyl sites for hydroxylation is 1. The molecule has 1 N–H and O–H groups in total. The number of thiophene rings is 1. The molecule has 0 fully saturated rings. The second-order valence-corrected chi connectivity index (χ2v) is 8.50. The van der Waals surface area contributed by atoms with Crippen LogP contribution in [0.4, 0.5) is 0 Å². The minimum absolute atomic E-state index is 0.0644. The number of carbonyl (C=O) groups excluding carboxylic acids is 1. The fourth-order valence-electron chi connectivity index (χ4n) is 2.06. The van der Waals surface area contributed by atoms with Crippen molar-refractivity contribution in [1.82, 2.24) is 9.62 Å². The molecule has 2 aromatic heterocycles. The van der Waals surface area contributed by atoms with Crippen molar-refractivity contribution in [3.8, 4) is 0 Å². The SMILES string of the molecule is C[C@H](CCc1ccco1)NC(=O)CN(C)S(=O)(=O)c1cccs1. The summed E-state index contributed by atoms with van der Waals surface area (Å²) in [5.41, 5.74) is 0. The van der Waals surface area contributed by atoms with Crippen LogP contribution in [0.15, 0.2) is 44.5 Å². The molecule has 0 saturated carbocycles. The van der Waals surface area contributed by atoms with E-state index in [0.29, 0.717) is 0 Å². The summed E-state index contributed by atoms with van der Waals surface area (Å²) in [5.74, 6) is 0.545. The first-order valence-corrected chi connectivity index (χ1v) is 9.53. The lowest BCUT2D eigenvalue weighted by Crippen LogP contribution is -2.41. The summed E-state index contributed by atoms with van der Waals surface area (Å²) in [6, 6.07) is 6.84. The van der Waals surface area contributed by atoms with Gasteiger partial charge in [-0.25, -0.2) is 8.42 Å². The first-order chi connectivity index (χ1) is 10.9. The average Bonchev–Trinajstić information content (AvgIpc) is 3.18. The minimum Gasteiger partial charge on any atom is -0.469 e. The molecule has 2 aromatic rings. The highest BCUT2D eigenvalue weighted by atomic mass is 32.2. The van der Waals surface area contributed by atoms with Gasteiger partial charge in [-0.3, -0.25) is 4.79 Å². The summed E-state index contributed by atoms with van der Waals surface area (Å²) < 4.78 is 31.0. The number of amides is 1. The van der Waals surface area contributed by atoms with Crippen molar-refractivity contribution in [2.24, 2.45) is 0 Å². The zero-order valence-electron chi connectivity index (χ0n) is 13.1. The standard InChI is InChI=1S/C15H20N2O4S2/c1-12(7-8-13-5-3-9-21-13)16-14(18)11-17(2)23(19,20)15-6-4-10-22-15/h3-6,9-10,12H,7-8,11H2,1-2H3,(H,16,18)/t12-/m1/s1. The van der Waals surface area contributed by atoms with Crippen LogP contribution in [0.5, 0.6) is 0 Å². The van der Waals surface area contributed by atoms with Gasteiger partial charge in [0.25, 0.3) is 10.0 Å². The third-order valence-corrected chi connectivity index (χ3v) is 6.51. The molecule has 0 spiro atoms. The predicted octanol–water partition coefficient (Wildman–Crippen LogP) is 2.10. The van der Waals surface area contributed by atoms with Gasteiger partial charge in [-0.15, -0.1) is 11.3 Å². The van der Waals surface area contributed by atoms with Crippen LogP contribution in [-0.4, -0.2) is 38.3 Å². The van der Waals surface area contributed by atoms with Crippen LogP contribution in [0.3, 0.4) is 0 Å². The fraction of sp³-hybridized carbons (Fsp3) is 0.400. The van der Waals surface area contributed by atoms with Gasteiger partial charge in [-0.1, -0.05) is 6.07 Å². The Morgan fingerprint density at radius 2 is 2.17 bits per heavy atom. The molecule has 0 aromatic carbocycles. The normalized spacial score (nSPS) is 13.2. The van der Waals surface area contributed by atoms with Crippen molar-refractivity contribution in [2.75, 3.05) is 13.6 Å². The molecule has 23 heavy (non-hydrogen) atoms. The highest BCUT2D eigenvalue weighted by Crippen LogP contribution is 2.19. The Morgan fingerprint density at radius 1 is 1.39 bits per heavy atom. The first-order valence-electron chi connectivity index (χ1n) is 7.21. The van der Waals surface area contributed by atoms with Crippen LogP contribution in [0.25, 0.3) is 0 Å². The monoisotopic (exact) mass is 356 g/mol. The number of hydrogen-bond donors (Lipinski definition) is 1.